The van der Waals surface area contributed by atoms with Gasteiger partial charge in [0, 0.05) is 23.5 Å². The fraction of sp³-hybridized carbons (Fsp3) is 0.200. The number of thiophene rings is 1. The number of hydrogen-bond acceptors (Lipinski definition) is 4. The Hall–Kier alpha value is -1.27. The van der Waals surface area contributed by atoms with Gasteiger partial charge in [-0.25, -0.2) is 0 Å². The van der Waals surface area contributed by atoms with E-state index in [1.165, 1.54) is 11.3 Å². The first-order chi connectivity index (χ1) is 7.65. The summed E-state index contributed by atoms with van der Waals surface area (Å²) in [5.74, 6) is -0.0871. The number of hydrogen-bond donors (Lipinski definition) is 2. The highest BCUT2D eigenvalue weighted by atomic mass is 32.1. The fourth-order valence-electron chi connectivity index (χ4n) is 1.26. The predicted molar refractivity (Wildman–Crippen MR) is 65.9 cm³/mol. The summed E-state index contributed by atoms with van der Waals surface area (Å²) in [6, 6.07) is 3.63. The molecule has 0 bridgehead atoms. The van der Waals surface area contributed by atoms with E-state index in [2.05, 4.69) is 23.0 Å². The van der Waals surface area contributed by atoms with E-state index in [9.17, 15) is 4.79 Å². The highest BCUT2D eigenvalue weighted by molar-refractivity contribution is 7.80. The van der Waals surface area contributed by atoms with E-state index in [-0.39, 0.29) is 5.91 Å². The van der Waals surface area contributed by atoms with Crippen molar-refractivity contribution in [1.82, 2.24) is 15.1 Å². The minimum absolute atomic E-state index is 0.0871. The predicted octanol–water partition coefficient (Wildman–Crippen LogP) is 1.70. The number of carbonyl (C=O) groups excluding carboxylic acids is 1. The van der Waals surface area contributed by atoms with E-state index in [0.717, 1.165) is 10.6 Å². The molecule has 0 radical (unpaired) electrons. The lowest BCUT2D eigenvalue weighted by Crippen LogP contribution is -2.22. The molecule has 2 rings (SSSR count). The van der Waals surface area contributed by atoms with Gasteiger partial charge in [0.15, 0.2) is 0 Å². The van der Waals surface area contributed by atoms with Crippen molar-refractivity contribution < 1.29 is 4.79 Å². The number of nitrogens with one attached hydrogen (secondary N) is 1. The Bertz CT molecular complexity index is 504. The van der Waals surface area contributed by atoms with Gasteiger partial charge in [-0.1, -0.05) is 0 Å². The molecule has 0 spiro atoms. The third kappa shape index (κ3) is 2.65. The SMILES string of the molecule is Cn1ccc(CNC(=O)c2cc(S)cs2)n1. The zero-order chi connectivity index (χ0) is 11.5. The zero-order valence-corrected chi connectivity index (χ0v) is 10.4. The number of thiol groups is 1. The van der Waals surface area contributed by atoms with Gasteiger partial charge in [0.2, 0.25) is 0 Å². The molecule has 0 aliphatic rings. The lowest BCUT2D eigenvalue weighted by atomic mass is 10.4. The zero-order valence-electron chi connectivity index (χ0n) is 8.67. The van der Waals surface area contributed by atoms with Crippen LogP contribution < -0.4 is 5.32 Å². The summed E-state index contributed by atoms with van der Waals surface area (Å²) in [4.78, 5) is 13.1. The third-order valence-electron chi connectivity index (χ3n) is 2.01. The number of carbonyl (C=O) groups is 1. The van der Waals surface area contributed by atoms with Crippen molar-refractivity contribution in [1.29, 1.82) is 0 Å². The van der Waals surface area contributed by atoms with Crippen molar-refractivity contribution in [3.63, 3.8) is 0 Å². The average molecular weight is 253 g/mol. The molecule has 0 aliphatic heterocycles. The van der Waals surface area contributed by atoms with Crippen LogP contribution >= 0.6 is 24.0 Å². The van der Waals surface area contributed by atoms with E-state index in [1.807, 2.05) is 24.7 Å². The largest absolute Gasteiger partial charge is 0.346 e. The molecule has 16 heavy (non-hydrogen) atoms. The molecule has 0 aliphatic carbocycles. The summed E-state index contributed by atoms with van der Waals surface area (Å²) in [6.45, 7) is 0.444. The van der Waals surface area contributed by atoms with Crippen molar-refractivity contribution in [3.05, 3.63) is 34.3 Å². The molecule has 0 fully saturated rings. The lowest BCUT2D eigenvalue weighted by molar-refractivity contribution is 0.0954. The molecular weight excluding hydrogens is 242 g/mol. The van der Waals surface area contributed by atoms with Crippen LogP contribution in [0.15, 0.2) is 28.6 Å². The highest BCUT2D eigenvalue weighted by Gasteiger charge is 2.08. The van der Waals surface area contributed by atoms with Gasteiger partial charge in [0.1, 0.15) is 0 Å². The molecule has 1 amide bonds. The van der Waals surface area contributed by atoms with E-state index >= 15 is 0 Å². The molecule has 84 valence electrons. The highest BCUT2D eigenvalue weighted by Crippen LogP contribution is 2.17. The third-order valence-corrected chi connectivity index (χ3v) is 3.37. The molecule has 0 saturated carbocycles. The van der Waals surface area contributed by atoms with E-state index in [4.69, 9.17) is 0 Å². The van der Waals surface area contributed by atoms with Gasteiger partial charge in [-0.3, -0.25) is 9.48 Å². The fourth-order valence-corrected chi connectivity index (χ4v) is 2.33. The van der Waals surface area contributed by atoms with Crippen molar-refractivity contribution in [3.8, 4) is 0 Å². The second kappa shape index (κ2) is 4.71. The molecule has 6 heteroatoms. The van der Waals surface area contributed by atoms with Gasteiger partial charge in [0.25, 0.3) is 5.91 Å². The van der Waals surface area contributed by atoms with Crippen LogP contribution in [0.25, 0.3) is 0 Å². The maximum Gasteiger partial charge on any atom is 0.261 e. The summed E-state index contributed by atoms with van der Waals surface area (Å²) in [6.07, 6.45) is 1.85. The van der Waals surface area contributed by atoms with Crippen molar-refractivity contribution in [2.45, 2.75) is 11.4 Å². The molecule has 4 nitrogen and oxygen atoms in total. The van der Waals surface area contributed by atoms with Gasteiger partial charge in [-0.15, -0.1) is 24.0 Å². The summed E-state index contributed by atoms with van der Waals surface area (Å²) < 4.78 is 1.71. The number of rotatable bonds is 3. The maximum absolute atomic E-state index is 11.7. The Morgan fingerprint density at radius 1 is 1.69 bits per heavy atom. The van der Waals surface area contributed by atoms with E-state index < -0.39 is 0 Å². The molecule has 2 aromatic heterocycles. The Morgan fingerprint density at radius 2 is 2.50 bits per heavy atom. The molecule has 0 saturated heterocycles. The molecular formula is C10H11N3OS2. The monoisotopic (exact) mass is 253 g/mol. The van der Waals surface area contributed by atoms with Crippen LogP contribution in [0.5, 0.6) is 0 Å². The summed E-state index contributed by atoms with van der Waals surface area (Å²) >= 11 is 5.54. The van der Waals surface area contributed by atoms with Gasteiger partial charge in [0.05, 0.1) is 17.1 Å². The second-order valence-electron chi connectivity index (χ2n) is 3.33. The number of aromatic nitrogens is 2. The van der Waals surface area contributed by atoms with Gasteiger partial charge >= 0.3 is 0 Å². The number of amides is 1. The van der Waals surface area contributed by atoms with Gasteiger partial charge in [-0.2, -0.15) is 5.10 Å². The van der Waals surface area contributed by atoms with Crippen LogP contribution in [0.4, 0.5) is 0 Å². The summed E-state index contributed by atoms with van der Waals surface area (Å²) in [7, 11) is 1.85. The van der Waals surface area contributed by atoms with Crippen LogP contribution in [0.3, 0.4) is 0 Å². The quantitative estimate of drug-likeness (QED) is 0.818. The smallest absolute Gasteiger partial charge is 0.261 e. The van der Waals surface area contributed by atoms with Crippen LogP contribution in [-0.2, 0) is 13.6 Å². The summed E-state index contributed by atoms with van der Waals surface area (Å²) in [5, 5.41) is 8.81. The van der Waals surface area contributed by atoms with Crippen LogP contribution in [0.2, 0.25) is 0 Å². The molecule has 1 N–H and O–H groups in total. The number of aryl methyl sites for hydroxylation is 1. The van der Waals surface area contributed by atoms with Crippen LogP contribution in [-0.4, -0.2) is 15.7 Å². The Labute approximate surface area is 103 Å². The van der Waals surface area contributed by atoms with Gasteiger partial charge < -0.3 is 5.32 Å². The van der Waals surface area contributed by atoms with Crippen LogP contribution in [0, 0.1) is 0 Å². The van der Waals surface area contributed by atoms with Crippen molar-refractivity contribution in [2.24, 2.45) is 7.05 Å². The van der Waals surface area contributed by atoms with Crippen molar-refractivity contribution in [2.75, 3.05) is 0 Å². The lowest BCUT2D eigenvalue weighted by Gasteiger charge is -2.00. The van der Waals surface area contributed by atoms with E-state index in [0.29, 0.717) is 11.4 Å². The first kappa shape index (κ1) is 11.2. The molecule has 0 atom stereocenters. The standard InChI is InChI=1S/C10H11N3OS2/c1-13-3-2-7(12-13)5-11-10(14)9-4-8(15)6-16-9/h2-4,6,15H,5H2,1H3,(H,11,14). The molecule has 0 unspecified atom stereocenters. The normalized spacial score (nSPS) is 10.4. The Balaban J connectivity index is 1.93. The van der Waals surface area contributed by atoms with Crippen LogP contribution in [0.1, 0.15) is 15.4 Å². The topological polar surface area (TPSA) is 46.9 Å². The summed E-state index contributed by atoms with van der Waals surface area (Å²) in [5.41, 5.74) is 0.846. The average Bonchev–Trinajstić information content (AvgIpc) is 2.84. The number of nitrogens with zero attached hydrogens (tertiary/aromatic N) is 2. The Kier molecular flexibility index (Phi) is 3.31. The van der Waals surface area contributed by atoms with Crippen molar-refractivity contribution >= 4 is 29.9 Å². The molecule has 2 heterocycles. The first-order valence-corrected chi connectivity index (χ1v) is 6.02. The second-order valence-corrected chi connectivity index (χ2v) is 4.76. The minimum Gasteiger partial charge on any atom is -0.346 e. The van der Waals surface area contributed by atoms with E-state index in [1.54, 1.807) is 10.7 Å². The first-order valence-electron chi connectivity index (χ1n) is 4.69. The minimum atomic E-state index is -0.0871. The molecule has 0 aromatic carbocycles. The maximum atomic E-state index is 11.7. The van der Waals surface area contributed by atoms with Gasteiger partial charge in [-0.05, 0) is 12.1 Å². The molecule has 2 aromatic rings. The Morgan fingerprint density at radius 3 is 3.06 bits per heavy atom.